The van der Waals surface area contributed by atoms with E-state index in [1.54, 1.807) is 0 Å². The van der Waals surface area contributed by atoms with E-state index in [1.165, 1.54) is 5.56 Å². The zero-order chi connectivity index (χ0) is 18.1. The highest BCUT2D eigenvalue weighted by molar-refractivity contribution is 5.80. The zero-order valence-electron chi connectivity index (χ0n) is 15.4. The fraction of sp³-hybridized carbons (Fsp3) is 0.238. The Kier molecular flexibility index (Phi) is 4.31. The summed E-state index contributed by atoms with van der Waals surface area (Å²) in [5.74, 6) is 0.966. The lowest BCUT2D eigenvalue weighted by molar-refractivity contribution is 0.387. The first-order valence-corrected chi connectivity index (χ1v) is 8.84. The van der Waals surface area contributed by atoms with Gasteiger partial charge in [0.15, 0.2) is 0 Å². The predicted molar refractivity (Wildman–Crippen MR) is 106 cm³/mol. The summed E-state index contributed by atoms with van der Waals surface area (Å²) in [5.41, 5.74) is 5.50. The predicted octanol–water partition coefficient (Wildman–Crippen LogP) is 3.76. The normalized spacial score (nSPS) is 11.5. The lowest BCUT2D eigenvalue weighted by Crippen LogP contribution is -2.18. The number of imidazole rings is 1. The highest BCUT2D eigenvalue weighted by Gasteiger charge is 2.15. The van der Waals surface area contributed by atoms with Crippen LogP contribution in [0.5, 0.6) is 0 Å². The van der Waals surface area contributed by atoms with Crippen LogP contribution in [0.2, 0.25) is 0 Å². The molecule has 2 heterocycles. The molecule has 0 aliphatic rings. The van der Waals surface area contributed by atoms with Gasteiger partial charge in [0.2, 0.25) is 0 Å². The van der Waals surface area contributed by atoms with Crippen LogP contribution in [0.15, 0.2) is 60.9 Å². The van der Waals surface area contributed by atoms with Gasteiger partial charge in [-0.05, 0) is 44.8 Å². The topological polar surface area (TPSA) is 38.9 Å². The maximum atomic E-state index is 4.88. The molecule has 0 fully saturated rings. The third-order valence-corrected chi connectivity index (χ3v) is 4.63. The van der Waals surface area contributed by atoms with Crippen molar-refractivity contribution < 1.29 is 0 Å². The van der Waals surface area contributed by atoms with Crippen molar-refractivity contribution in [2.24, 2.45) is 0 Å². The largest absolute Gasteiger partial charge is 0.323 e. The van der Waals surface area contributed by atoms with Gasteiger partial charge >= 0.3 is 0 Å². The number of fused-ring (bicyclic) bond motifs is 1. The molecule has 26 heavy (non-hydrogen) atoms. The Hall–Kier alpha value is -2.92. The molecule has 0 saturated carbocycles. The number of benzene rings is 2. The fourth-order valence-electron chi connectivity index (χ4n) is 3.21. The van der Waals surface area contributed by atoms with Gasteiger partial charge < -0.3 is 9.47 Å². The molecule has 2 aromatic heterocycles. The van der Waals surface area contributed by atoms with Crippen LogP contribution in [0.25, 0.3) is 28.1 Å². The lowest BCUT2D eigenvalue weighted by atomic mass is 10.2. The van der Waals surface area contributed by atoms with Crippen LogP contribution in [0.1, 0.15) is 5.56 Å². The highest BCUT2D eigenvalue weighted by atomic mass is 15.3. The summed E-state index contributed by atoms with van der Waals surface area (Å²) >= 11 is 0. The molecule has 0 amide bonds. The van der Waals surface area contributed by atoms with E-state index in [0.717, 1.165) is 41.2 Å². The Morgan fingerprint density at radius 2 is 1.77 bits per heavy atom. The maximum Gasteiger partial charge on any atom is 0.144 e. The number of likely N-dealkylation sites (N-methyl/N-ethyl adjacent to an activating group) is 1. The van der Waals surface area contributed by atoms with Gasteiger partial charge in [-0.3, -0.25) is 0 Å². The quantitative estimate of drug-likeness (QED) is 0.553. The minimum atomic E-state index is 0.887. The van der Waals surface area contributed by atoms with Crippen molar-refractivity contribution in [2.75, 3.05) is 20.6 Å². The van der Waals surface area contributed by atoms with E-state index < -0.39 is 0 Å². The lowest BCUT2D eigenvalue weighted by Gasteiger charge is -2.12. The van der Waals surface area contributed by atoms with Crippen molar-refractivity contribution in [2.45, 2.75) is 13.5 Å². The van der Waals surface area contributed by atoms with Gasteiger partial charge in [0, 0.05) is 19.3 Å². The molecule has 132 valence electrons. The van der Waals surface area contributed by atoms with Gasteiger partial charge in [0.25, 0.3) is 0 Å². The molecule has 4 aromatic rings. The average Bonchev–Trinajstić information content (AvgIpc) is 3.25. The molecule has 0 atom stereocenters. The van der Waals surface area contributed by atoms with Crippen molar-refractivity contribution in [3.63, 3.8) is 0 Å². The van der Waals surface area contributed by atoms with E-state index in [4.69, 9.17) is 4.98 Å². The molecule has 0 aliphatic carbocycles. The number of hydrogen-bond donors (Lipinski definition) is 0. The van der Waals surface area contributed by atoms with Gasteiger partial charge in [-0.2, -0.15) is 5.10 Å². The van der Waals surface area contributed by atoms with Crippen LogP contribution in [0, 0.1) is 6.92 Å². The second kappa shape index (κ2) is 6.77. The third kappa shape index (κ3) is 3.02. The SMILES string of the molecule is Cc1ccccc1-n1cc(-c2nc3ccccc3n2CCN(C)C)cn1. The summed E-state index contributed by atoms with van der Waals surface area (Å²) in [6.45, 7) is 3.95. The van der Waals surface area contributed by atoms with Crippen LogP contribution in [0.4, 0.5) is 0 Å². The summed E-state index contributed by atoms with van der Waals surface area (Å²) in [5, 5.41) is 4.58. The van der Waals surface area contributed by atoms with Gasteiger partial charge in [0.05, 0.1) is 28.5 Å². The summed E-state index contributed by atoms with van der Waals surface area (Å²) < 4.78 is 4.22. The standard InChI is InChI=1S/C21H23N5/c1-16-8-4-6-10-19(16)26-15-17(14-22-26)21-23-18-9-5-7-11-20(18)25(21)13-12-24(2)3/h4-11,14-15H,12-13H2,1-3H3. The van der Waals surface area contributed by atoms with Crippen molar-refractivity contribution in [3.05, 3.63) is 66.5 Å². The Morgan fingerprint density at radius 3 is 2.58 bits per heavy atom. The summed E-state index contributed by atoms with van der Waals surface area (Å²) in [4.78, 5) is 7.07. The molecular formula is C21H23N5. The molecule has 0 saturated heterocycles. The number of nitrogens with zero attached hydrogens (tertiary/aromatic N) is 5. The molecule has 0 radical (unpaired) electrons. The third-order valence-electron chi connectivity index (χ3n) is 4.63. The minimum Gasteiger partial charge on any atom is -0.323 e. The molecule has 0 aliphatic heterocycles. The molecule has 4 rings (SSSR count). The monoisotopic (exact) mass is 345 g/mol. The van der Waals surface area contributed by atoms with E-state index in [-0.39, 0.29) is 0 Å². The molecule has 2 aromatic carbocycles. The Balaban J connectivity index is 1.79. The van der Waals surface area contributed by atoms with E-state index in [2.05, 4.69) is 72.1 Å². The maximum absolute atomic E-state index is 4.88. The Labute approximate surface area is 153 Å². The van der Waals surface area contributed by atoms with Gasteiger partial charge in [0.1, 0.15) is 5.82 Å². The summed E-state index contributed by atoms with van der Waals surface area (Å²) in [6, 6.07) is 16.6. The smallest absolute Gasteiger partial charge is 0.144 e. The van der Waals surface area contributed by atoms with E-state index in [0.29, 0.717) is 0 Å². The fourth-order valence-corrected chi connectivity index (χ4v) is 3.21. The molecule has 5 nitrogen and oxygen atoms in total. The van der Waals surface area contributed by atoms with Crippen LogP contribution >= 0.6 is 0 Å². The van der Waals surface area contributed by atoms with Crippen molar-refractivity contribution in [1.29, 1.82) is 0 Å². The first-order valence-electron chi connectivity index (χ1n) is 8.84. The Morgan fingerprint density at radius 1 is 1.00 bits per heavy atom. The first-order chi connectivity index (χ1) is 12.6. The van der Waals surface area contributed by atoms with Crippen LogP contribution < -0.4 is 0 Å². The number of aromatic nitrogens is 4. The molecule has 0 N–H and O–H groups in total. The highest BCUT2D eigenvalue weighted by Crippen LogP contribution is 2.25. The van der Waals surface area contributed by atoms with Crippen molar-refractivity contribution in [3.8, 4) is 17.1 Å². The van der Waals surface area contributed by atoms with E-state index in [1.807, 2.05) is 29.1 Å². The molecule has 5 heteroatoms. The minimum absolute atomic E-state index is 0.887. The van der Waals surface area contributed by atoms with E-state index >= 15 is 0 Å². The molecular weight excluding hydrogens is 322 g/mol. The number of hydrogen-bond acceptors (Lipinski definition) is 3. The second-order valence-electron chi connectivity index (χ2n) is 6.84. The van der Waals surface area contributed by atoms with Gasteiger partial charge in [-0.15, -0.1) is 0 Å². The second-order valence-corrected chi connectivity index (χ2v) is 6.84. The number of rotatable bonds is 5. The number of aryl methyl sites for hydroxylation is 1. The number of para-hydroxylation sites is 3. The van der Waals surface area contributed by atoms with Crippen molar-refractivity contribution >= 4 is 11.0 Å². The van der Waals surface area contributed by atoms with Gasteiger partial charge in [-0.25, -0.2) is 9.67 Å². The van der Waals surface area contributed by atoms with Crippen LogP contribution in [0.3, 0.4) is 0 Å². The Bertz CT molecular complexity index is 1040. The average molecular weight is 345 g/mol. The van der Waals surface area contributed by atoms with Gasteiger partial charge in [-0.1, -0.05) is 30.3 Å². The van der Waals surface area contributed by atoms with Crippen LogP contribution in [-0.4, -0.2) is 44.9 Å². The summed E-state index contributed by atoms with van der Waals surface area (Å²) in [6.07, 6.45) is 3.97. The molecule has 0 unspecified atom stereocenters. The molecule has 0 spiro atoms. The van der Waals surface area contributed by atoms with Crippen LogP contribution in [-0.2, 0) is 6.54 Å². The van der Waals surface area contributed by atoms with Crippen molar-refractivity contribution in [1.82, 2.24) is 24.2 Å². The molecule has 0 bridgehead atoms. The van der Waals surface area contributed by atoms with E-state index in [9.17, 15) is 0 Å². The summed E-state index contributed by atoms with van der Waals surface area (Å²) in [7, 11) is 4.18. The zero-order valence-corrected chi connectivity index (χ0v) is 15.4. The first kappa shape index (κ1) is 16.5.